The molecule has 3 rings (SSSR count). The Morgan fingerprint density at radius 1 is 1.39 bits per heavy atom. The van der Waals surface area contributed by atoms with Crippen molar-refractivity contribution in [3.05, 3.63) is 35.3 Å². The van der Waals surface area contributed by atoms with Gasteiger partial charge in [0.2, 0.25) is 10.0 Å². The van der Waals surface area contributed by atoms with E-state index in [1.54, 1.807) is 35.7 Å². The molecule has 1 aliphatic heterocycles. The van der Waals surface area contributed by atoms with Gasteiger partial charge in [-0.05, 0) is 30.2 Å². The number of fused-ring (bicyclic) bond motifs is 1. The maximum atomic E-state index is 11.3. The lowest BCUT2D eigenvalue weighted by molar-refractivity contribution is 0.597. The third-order valence-corrected chi connectivity index (χ3v) is 4.63. The molecule has 0 spiro atoms. The van der Waals surface area contributed by atoms with Gasteiger partial charge in [-0.3, -0.25) is 0 Å². The summed E-state index contributed by atoms with van der Waals surface area (Å²) in [6.07, 6.45) is 2.56. The molecule has 1 aliphatic rings. The van der Waals surface area contributed by atoms with Crippen LogP contribution in [-0.2, 0) is 16.4 Å². The van der Waals surface area contributed by atoms with Gasteiger partial charge in [0.15, 0.2) is 5.13 Å². The second-order valence-electron chi connectivity index (χ2n) is 4.05. The molecule has 0 unspecified atom stereocenters. The highest BCUT2D eigenvalue weighted by atomic mass is 32.2. The summed E-state index contributed by atoms with van der Waals surface area (Å²) in [5.41, 5.74) is 2.01. The van der Waals surface area contributed by atoms with E-state index in [2.05, 4.69) is 9.88 Å². The lowest BCUT2D eigenvalue weighted by atomic mass is 10.2. The van der Waals surface area contributed by atoms with Crippen molar-refractivity contribution in [1.29, 1.82) is 0 Å². The Morgan fingerprint density at radius 3 is 2.89 bits per heavy atom. The third kappa shape index (κ3) is 1.90. The van der Waals surface area contributed by atoms with Crippen molar-refractivity contribution in [3.63, 3.8) is 0 Å². The minimum atomic E-state index is -3.63. The number of benzene rings is 1. The number of aromatic nitrogens is 1. The fourth-order valence-corrected chi connectivity index (χ4v) is 3.35. The second kappa shape index (κ2) is 4.04. The SMILES string of the molecule is NS(=O)(=O)c1ccc2c(c1)CCN2c1nccs1. The molecule has 0 bridgehead atoms. The monoisotopic (exact) mass is 281 g/mol. The molecule has 2 N–H and O–H groups in total. The summed E-state index contributed by atoms with van der Waals surface area (Å²) in [6.45, 7) is 0.816. The van der Waals surface area contributed by atoms with Gasteiger partial charge in [-0.15, -0.1) is 11.3 Å². The van der Waals surface area contributed by atoms with Gasteiger partial charge in [-0.1, -0.05) is 0 Å². The van der Waals surface area contributed by atoms with Crippen molar-refractivity contribution in [1.82, 2.24) is 4.98 Å². The maximum Gasteiger partial charge on any atom is 0.238 e. The molecule has 5 nitrogen and oxygen atoms in total. The molecule has 0 radical (unpaired) electrons. The summed E-state index contributed by atoms with van der Waals surface area (Å²) in [4.78, 5) is 6.53. The lowest BCUT2D eigenvalue weighted by Crippen LogP contribution is -2.13. The van der Waals surface area contributed by atoms with Crippen LogP contribution in [0.25, 0.3) is 0 Å². The van der Waals surface area contributed by atoms with Crippen LogP contribution in [0.3, 0.4) is 0 Å². The average Bonchev–Trinajstić information content (AvgIpc) is 2.95. The molecule has 0 amide bonds. The van der Waals surface area contributed by atoms with Crippen LogP contribution in [0.2, 0.25) is 0 Å². The summed E-state index contributed by atoms with van der Waals surface area (Å²) >= 11 is 1.57. The van der Waals surface area contributed by atoms with E-state index in [1.807, 2.05) is 5.38 Å². The Labute approximate surface area is 109 Å². The Morgan fingerprint density at radius 2 is 2.22 bits per heavy atom. The van der Waals surface area contributed by atoms with Gasteiger partial charge in [-0.2, -0.15) is 0 Å². The van der Waals surface area contributed by atoms with E-state index >= 15 is 0 Å². The van der Waals surface area contributed by atoms with Crippen molar-refractivity contribution >= 4 is 32.2 Å². The lowest BCUT2D eigenvalue weighted by Gasteiger charge is -2.15. The Hall–Kier alpha value is -1.44. The fraction of sp³-hybridized carbons (Fsp3) is 0.182. The van der Waals surface area contributed by atoms with Crippen LogP contribution in [0, 0.1) is 0 Å². The zero-order valence-corrected chi connectivity index (χ0v) is 11.0. The van der Waals surface area contributed by atoms with Crippen LogP contribution in [-0.4, -0.2) is 19.9 Å². The predicted molar refractivity (Wildman–Crippen MR) is 70.6 cm³/mol. The number of hydrogen-bond acceptors (Lipinski definition) is 5. The van der Waals surface area contributed by atoms with E-state index < -0.39 is 10.0 Å². The van der Waals surface area contributed by atoms with Crippen LogP contribution < -0.4 is 10.0 Å². The predicted octanol–water partition coefficient (Wildman–Crippen LogP) is 1.48. The first-order valence-electron chi connectivity index (χ1n) is 5.38. The normalized spacial score (nSPS) is 14.8. The molecular weight excluding hydrogens is 270 g/mol. The zero-order valence-electron chi connectivity index (χ0n) is 9.41. The van der Waals surface area contributed by atoms with E-state index in [0.29, 0.717) is 0 Å². The number of sulfonamides is 1. The Bertz CT molecular complexity index is 680. The first kappa shape index (κ1) is 11.6. The average molecular weight is 281 g/mol. The summed E-state index contributed by atoms with van der Waals surface area (Å²) < 4.78 is 22.6. The van der Waals surface area contributed by atoms with E-state index in [1.165, 1.54) is 0 Å². The van der Waals surface area contributed by atoms with Crippen LogP contribution in [0.15, 0.2) is 34.7 Å². The van der Waals surface area contributed by atoms with Crippen molar-refractivity contribution in [2.24, 2.45) is 5.14 Å². The van der Waals surface area contributed by atoms with Crippen molar-refractivity contribution in [2.45, 2.75) is 11.3 Å². The molecule has 0 atom stereocenters. The summed E-state index contributed by atoms with van der Waals surface area (Å²) in [5.74, 6) is 0. The highest BCUT2D eigenvalue weighted by Crippen LogP contribution is 2.36. The van der Waals surface area contributed by atoms with Crippen molar-refractivity contribution < 1.29 is 8.42 Å². The van der Waals surface area contributed by atoms with Crippen LogP contribution in [0.5, 0.6) is 0 Å². The number of nitrogens with two attached hydrogens (primary N) is 1. The van der Waals surface area contributed by atoms with Crippen LogP contribution in [0.4, 0.5) is 10.8 Å². The molecule has 2 heterocycles. The van der Waals surface area contributed by atoms with Crippen molar-refractivity contribution in [2.75, 3.05) is 11.4 Å². The molecule has 0 saturated heterocycles. The highest BCUT2D eigenvalue weighted by Gasteiger charge is 2.23. The van der Waals surface area contributed by atoms with Crippen LogP contribution in [0.1, 0.15) is 5.56 Å². The largest absolute Gasteiger partial charge is 0.317 e. The minimum absolute atomic E-state index is 0.169. The zero-order chi connectivity index (χ0) is 12.8. The molecular formula is C11H11N3O2S2. The van der Waals surface area contributed by atoms with Crippen LogP contribution >= 0.6 is 11.3 Å². The summed E-state index contributed by atoms with van der Waals surface area (Å²) in [6, 6.07) is 4.99. The quantitative estimate of drug-likeness (QED) is 0.904. The Balaban J connectivity index is 2.05. The topological polar surface area (TPSA) is 76.3 Å². The Kier molecular flexibility index (Phi) is 2.61. The smallest absolute Gasteiger partial charge is 0.238 e. The van der Waals surface area contributed by atoms with E-state index in [0.717, 1.165) is 29.3 Å². The maximum absolute atomic E-state index is 11.3. The molecule has 1 aromatic carbocycles. The number of rotatable bonds is 2. The van der Waals surface area contributed by atoms with Gasteiger partial charge in [0.1, 0.15) is 0 Å². The van der Waals surface area contributed by atoms with E-state index in [-0.39, 0.29) is 4.90 Å². The number of primary sulfonamides is 1. The minimum Gasteiger partial charge on any atom is -0.317 e. The van der Waals surface area contributed by atoms with E-state index in [9.17, 15) is 8.42 Å². The second-order valence-corrected chi connectivity index (χ2v) is 6.49. The molecule has 18 heavy (non-hydrogen) atoms. The molecule has 0 fully saturated rings. The highest BCUT2D eigenvalue weighted by molar-refractivity contribution is 7.89. The molecule has 0 saturated carbocycles. The first-order valence-corrected chi connectivity index (χ1v) is 7.81. The molecule has 94 valence electrons. The van der Waals surface area contributed by atoms with Gasteiger partial charge in [0.25, 0.3) is 0 Å². The standard InChI is InChI=1S/C11H11N3O2S2/c12-18(15,16)9-1-2-10-8(7-9)3-5-14(10)11-13-4-6-17-11/h1-2,4,6-7H,3,5H2,(H2,12,15,16). The number of thiazole rings is 1. The van der Waals surface area contributed by atoms with Gasteiger partial charge in [0, 0.05) is 23.8 Å². The van der Waals surface area contributed by atoms with Gasteiger partial charge in [-0.25, -0.2) is 18.5 Å². The van der Waals surface area contributed by atoms with Gasteiger partial charge in [0.05, 0.1) is 4.90 Å². The van der Waals surface area contributed by atoms with Gasteiger partial charge < -0.3 is 4.90 Å². The molecule has 1 aromatic heterocycles. The summed E-state index contributed by atoms with van der Waals surface area (Å²) in [7, 11) is -3.63. The molecule has 7 heteroatoms. The number of hydrogen-bond donors (Lipinski definition) is 1. The fourth-order valence-electron chi connectivity index (χ4n) is 2.10. The summed E-state index contributed by atoms with van der Waals surface area (Å²) in [5, 5.41) is 7.98. The number of nitrogens with zero attached hydrogens (tertiary/aromatic N) is 2. The van der Waals surface area contributed by atoms with Crippen molar-refractivity contribution in [3.8, 4) is 0 Å². The van der Waals surface area contributed by atoms with E-state index in [4.69, 9.17) is 5.14 Å². The molecule has 2 aromatic rings. The van der Waals surface area contributed by atoms with Gasteiger partial charge >= 0.3 is 0 Å². The third-order valence-electron chi connectivity index (χ3n) is 2.93. The number of anilines is 2. The molecule has 0 aliphatic carbocycles. The first-order chi connectivity index (χ1) is 8.55.